The molecule has 25 heavy (non-hydrogen) atoms. The van der Waals surface area contributed by atoms with E-state index in [1.807, 2.05) is 22.9 Å². The van der Waals surface area contributed by atoms with E-state index >= 15 is 0 Å². The van der Waals surface area contributed by atoms with E-state index in [0.29, 0.717) is 17.6 Å². The van der Waals surface area contributed by atoms with Gasteiger partial charge >= 0.3 is 0 Å². The first kappa shape index (κ1) is 15.7. The van der Waals surface area contributed by atoms with E-state index in [4.69, 9.17) is 5.73 Å². The molecule has 1 aliphatic carbocycles. The van der Waals surface area contributed by atoms with Crippen molar-refractivity contribution < 1.29 is 4.79 Å². The first-order chi connectivity index (χ1) is 12.2. The number of hydrogen-bond acceptors (Lipinski definition) is 5. The molecular weight excluding hydrogens is 316 g/mol. The Bertz CT molecular complexity index is 891. The van der Waals surface area contributed by atoms with Crippen LogP contribution in [0.1, 0.15) is 35.2 Å². The Morgan fingerprint density at radius 3 is 3.00 bits per heavy atom. The van der Waals surface area contributed by atoms with Gasteiger partial charge in [-0.1, -0.05) is 6.07 Å². The molecule has 7 heteroatoms. The third kappa shape index (κ3) is 3.36. The minimum absolute atomic E-state index is 0.115. The van der Waals surface area contributed by atoms with Crippen LogP contribution in [0.3, 0.4) is 0 Å². The fourth-order valence-corrected chi connectivity index (χ4v) is 3.29. The second-order valence-electron chi connectivity index (χ2n) is 6.54. The summed E-state index contributed by atoms with van der Waals surface area (Å²) >= 11 is 0. The first-order valence-electron chi connectivity index (χ1n) is 8.45. The molecule has 0 unspecified atom stereocenters. The van der Waals surface area contributed by atoms with Crippen LogP contribution in [0.2, 0.25) is 0 Å². The summed E-state index contributed by atoms with van der Waals surface area (Å²) in [6.45, 7) is 0.642. The highest BCUT2D eigenvalue weighted by Gasteiger charge is 2.23. The third-order valence-electron chi connectivity index (χ3n) is 4.60. The number of pyridine rings is 2. The van der Waals surface area contributed by atoms with Crippen molar-refractivity contribution in [3.63, 3.8) is 0 Å². The number of nitrogens with two attached hydrogens (primary N) is 1. The Kier molecular flexibility index (Phi) is 4.15. The van der Waals surface area contributed by atoms with E-state index in [2.05, 4.69) is 20.3 Å². The molecule has 2 atom stereocenters. The molecule has 1 aliphatic rings. The number of aromatic nitrogens is 4. The maximum atomic E-state index is 12.4. The van der Waals surface area contributed by atoms with Crippen molar-refractivity contribution in [3.8, 4) is 0 Å². The van der Waals surface area contributed by atoms with Crippen molar-refractivity contribution in [1.29, 1.82) is 0 Å². The van der Waals surface area contributed by atoms with E-state index in [0.717, 1.165) is 30.5 Å². The van der Waals surface area contributed by atoms with Crippen molar-refractivity contribution in [3.05, 3.63) is 54.2 Å². The average Bonchev–Trinajstić information content (AvgIpc) is 3.22. The maximum Gasteiger partial charge on any atom is 0.253 e. The quantitative estimate of drug-likeness (QED) is 0.752. The Morgan fingerprint density at radius 2 is 2.24 bits per heavy atom. The van der Waals surface area contributed by atoms with Crippen LogP contribution in [0.15, 0.2) is 43.1 Å². The van der Waals surface area contributed by atoms with Crippen molar-refractivity contribution >= 4 is 17.1 Å². The molecule has 0 radical (unpaired) electrons. The molecule has 4 rings (SSSR count). The van der Waals surface area contributed by atoms with E-state index in [9.17, 15) is 4.79 Å². The van der Waals surface area contributed by atoms with Crippen LogP contribution in [-0.4, -0.2) is 37.5 Å². The zero-order chi connectivity index (χ0) is 17.2. The molecule has 0 aliphatic heterocycles. The summed E-state index contributed by atoms with van der Waals surface area (Å²) in [6.07, 6.45) is 9.64. The van der Waals surface area contributed by atoms with Crippen molar-refractivity contribution in [2.45, 2.75) is 37.9 Å². The van der Waals surface area contributed by atoms with Gasteiger partial charge in [0, 0.05) is 30.7 Å². The third-order valence-corrected chi connectivity index (χ3v) is 4.60. The monoisotopic (exact) mass is 336 g/mol. The number of nitrogens with one attached hydrogen (secondary N) is 1. The van der Waals surface area contributed by atoms with Gasteiger partial charge in [0.05, 0.1) is 18.4 Å². The standard InChI is InChI=1S/C18H20N6O/c19-14-3-4-15(7-14)23-18(25)13-6-16-17(21-9-13)24(11-22-16)10-12-2-1-5-20-8-12/h1-2,5-6,8-9,11,14-15H,3-4,7,10,19H2,(H,23,25)/t14-,15+/m0/s1. The van der Waals surface area contributed by atoms with Gasteiger partial charge < -0.3 is 15.6 Å². The predicted octanol–water partition coefficient (Wildman–Crippen LogP) is 1.48. The fraction of sp³-hybridized carbons (Fsp3) is 0.333. The lowest BCUT2D eigenvalue weighted by Gasteiger charge is -2.12. The average molecular weight is 336 g/mol. The molecule has 0 spiro atoms. The van der Waals surface area contributed by atoms with Crippen LogP contribution in [0.5, 0.6) is 0 Å². The predicted molar refractivity (Wildman–Crippen MR) is 93.9 cm³/mol. The van der Waals surface area contributed by atoms with Gasteiger partial charge in [0.1, 0.15) is 5.52 Å². The van der Waals surface area contributed by atoms with Gasteiger partial charge in [-0.15, -0.1) is 0 Å². The molecule has 128 valence electrons. The number of carbonyl (C=O) groups is 1. The second-order valence-corrected chi connectivity index (χ2v) is 6.54. The highest BCUT2D eigenvalue weighted by molar-refractivity contribution is 5.96. The lowest BCUT2D eigenvalue weighted by Crippen LogP contribution is -2.34. The van der Waals surface area contributed by atoms with E-state index in [-0.39, 0.29) is 18.0 Å². The minimum Gasteiger partial charge on any atom is -0.349 e. The number of fused-ring (bicyclic) bond motifs is 1. The molecule has 3 aromatic heterocycles. The summed E-state index contributed by atoms with van der Waals surface area (Å²) in [4.78, 5) is 25.4. The van der Waals surface area contributed by atoms with Gasteiger partial charge in [-0.05, 0) is 37.0 Å². The van der Waals surface area contributed by atoms with Crippen LogP contribution in [-0.2, 0) is 6.54 Å². The Morgan fingerprint density at radius 1 is 1.32 bits per heavy atom. The van der Waals surface area contributed by atoms with Crippen LogP contribution in [0.4, 0.5) is 0 Å². The van der Waals surface area contributed by atoms with Gasteiger partial charge in [-0.3, -0.25) is 9.78 Å². The lowest BCUT2D eigenvalue weighted by molar-refractivity contribution is 0.0937. The summed E-state index contributed by atoms with van der Waals surface area (Å²) in [6, 6.07) is 6.04. The molecule has 1 amide bonds. The Balaban J connectivity index is 1.52. The molecule has 3 aromatic rings. The second kappa shape index (κ2) is 6.60. The Hall–Kier alpha value is -2.80. The number of rotatable bonds is 4. The number of nitrogens with zero attached hydrogens (tertiary/aromatic N) is 4. The number of carbonyl (C=O) groups excluding carboxylic acids is 1. The van der Waals surface area contributed by atoms with Crippen molar-refractivity contribution in [2.24, 2.45) is 5.73 Å². The fourth-order valence-electron chi connectivity index (χ4n) is 3.29. The van der Waals surface area contributed by atoms with Gasteiger partial charge in [0.25, 0.3) is 5.91 Å². The van der Waals surface area contributed by atoms with Crippen LogP contribution in [0.25, 0.3) is 11.2 Å². The summed E-state index contributed by atoms with van der Waals surface area (Å²) in [5.74, 6) is -0.115. The zero-order valence-electron chi connectivity index (χ0n) is 13.8. The molecule has 1 saturated carbocycles. The maximum absolute atomic E-state index is 12.4. The molecule has 3 N–H and O–H groups in total. The molecule has 0 bridgehead atoms. The van der Waals surface area contributed by atoms with Crippen molar-refractivity contribution in [1.82, 2.24) is 24.8 Å². The molecule has 0 aromatic carbocycles. The zero-order valence-corrected chi connectivity index (χ0v) is 13.8. The Labute approximate surface area is 145 Å². The summed E-state index contributed by atoms with van der Waals surface area (Å²) < 4.78 is 1.95. The summed E-state index contributed by atoms with van der Waals surface area (Å²) in [7, 11) is 0. The largest absolute Gasteiger partial charge is 0.349 e. The highest BCUT2D eigenvalue weighted by atomic mass is 16.1. The van der Waals surface area contributed by atoms with E-state index < -0.39 is 0 Å². The highest BCUT2D eigenvalue weighted by Crippen LogP contribution is 2.18. The van der Waals surface area contributed by atoms with Gasteiger partial charge in [-0.2, -0.15) is 0 Å². The topological polar surface area (TPSA) is 98.7 Å². The molecular formula is C18H20N6O. The molecule has 1 fully saturated rings. The van der Waals surface area contributed by atoms with Crippen LogP contribution >= 0.6 is 0 Å². The smallest absolute Gasteiger partial charge is 0.253 e. The summed E-state index contributed by atoms with van der Waals surface area (Å²) in [5.41, 5.74) is 8.96. The normalized spacial score (nSPS) is 20.0. The van der Waals surface area contributed by atoms with E-state index in [1.165, 1.54) is 0 Å². The van der Waals surface area contributed by atoms with Gasteiger partial charge in [0.15, 0.2) is 5.65 Å². The van der Waals surface area contributed by atoms with Gasteiger partial charge in [0.2, 0.25) is 0 Å². The van der Waals surface area contributed by atoms with Crippen molar-refractivity contribution in [2.75, 3.05) is 0 Å². The minimum atomic E-state index is -0.115. The molecule has 0 saturated heterocycles. The number of amides is 1. The first-order valence-corrected chi connectivity index (χ1v) is 8.45. The van der Waals surface area contributed by atoms with Crippen LogP contribution in [0, 0.1) is 0 Å². The lowest BCUT2D eigenvalue weighted by atomic mass is 10.2. The number of imidazole rings is 1. The SMILES string of the molecule is N[C@H]1CC[C@@H](NC(=O)c2cnc3c(c2)ncn3Cc2cccnc2)C1. The molecule has 3 heterocycles. The van der Waals surface area contributed by atoms with Crippen LogP contribution < -0.4 is 11.1 Å². The van der Waals surface area contributed by atoms with E-state index in [1.54, 1.807) is 24.8 Å². The number of hydrogen-bond donors (Lipinski definition) is 2. The summed E-state index contributed by atoms with van der Waals surface area (Å²) in [5, 5.41) is 3.04. The van der Waals surface area contributed by atoms with Gasteiger partial charge in [-0.25, -0.2) is 9.97 Å². The molecule has 7 nitrogen and oxygen atoms in total.